The van der Waals surface area contributed by atoms with Crippen molar-refractivity contribution in [1.29, 1.82) is 0 Å². The quantitative estimate of drug-likeness (QED) is 0.369. The molecule has 0 bridgehead atoms. The fraction of sp³-hybridized carbons (Fsp3) is 0. The van der Waals surface area contributed by atoms with Crippen LogP contribution in [0.15, 0.2) is 23.1 Å². The average molecular weight is 245 g/mol. The molecule has 8 heteroatoms. The predicted molar refractivity (Wildman–Crippen MR) is 52.9 cm³/mol. The molecule has 0 fully saturated rings. The van der Waals surface area contributed by atoms with Crippen LogP contribution >= 0.6 is 11.6 Å². The third-order valence-corrected chi connectivity index (χ3v) is 2.29. The smallest absolute Gasteiger partial charge is 0.289 e. The molecule has 1 unspecified atom stereocenters. The van der Waals surface area contributed by atoms with Crippen molar-refractivity contribution in [1.82, 2.24) is 0 Å². The molecular weight excluding hydrogens is 241 g/mol. The van der Waals surface area contributed by atoms with Crippen LogP contribution in [-0.4, -0.2) is 43.2 Å². The molecule has 1 atom stereocenters. The Labute approximate surface area is 109 Å². The van der Waals surface area contributed by atoms with Gasteiger partial charge in [0.15, 0.2) is 11.1 Å². The average Bonchev–Trinajstić information content (AvgIpc) is 2.04. The number of hydrogen-bond acceptors (Lipinski definition) is 3. The van der Waals surface area contributed by atoms with Crippen molar-refractivity contribution in [3.8, 4) is 0 Å². The monoisotopic (exact) mass is 244 g/mol. The zero-order valence-corrected chi connectivity index (χ0v) is 10.7. The van der Waals surface area contributed by atoms with Gasteiger partial charge in [0.25, 0.3) is 5.69 Å². The van der Waals surface area contributed by atoms with Gasteiger partial charge in [-0.15, -0.1) is 0 Å². The van der Waals surface area contributed by atoms with Gasteiger partial charge in [-0.1, -0.05) is 11.6 Å². The van der Waals surface area contributed by atoms with Crippen LogP contribution in [0.3, 0.4) is 0 Å². The summed E-state index contributed by atoms with van der Waals surface area (Å²) < 4.78 is 19.2. The Morgan fingerprint density at radius 2 is 2.07 bits per heavy atom. The normalized spacial score (nSPS) is 11.6. The largest absolute Gasteiger partial charge is 0.302 e. The summed E-state index contributed by atoms with van der Waals surface area (Å²) in [4.78, 5) is 9.58. The Morgan fingerprint density at radius 3 is 2.50 bits per heavy atom. The summed E-state index contributed by atoms with van der Waals surface area (Å²) in [6, 6.07) is 3.44. The van der Waals surface area contributed by atoms with Gasteiger partial charge in [0.2, 0.25) is 0 Å². The first-order valence-corrected chi connectivity index (χ1v) is 4.55. The summed E-state index contributed by atoms with van der Waals surface area (Å²) in [7, 11) is 0. The molecule has 0 aliphatic heterocycles. The van der Waals surface area contributed by atoms with Crippen LogP contribution in [-0.2, 0) is 11.1 Å². The number of halogens is 1. The number of hydrogen-bond donors (Lipinski definition) is 1. The van der Waals surface area contributed by atoms with Gasteiger partial charge in [-0.3, -0.25) is 10.1 Å². The van der Waals surface area contributed by atoms with Gasteiger partial charge in [-0.05, 0) is 12.1 Å². The van der Waals surface area contributed by atoms with Gasteiger partial charge in [-0.25, -0.2) is 4.21 Å². The molecule has 0 saturated carbocycles. The molecule has 1 rings (SSSR count). The Kier molecular flexibility index (Phi) is 5.80. The van der Waals surface area contributed by atoms with E-state index in [1.54, 1.807) is 0 Å². The summed E-state index contributed by atoms with van der Waals surface area (Å²) in [5.74, 6) is 0. The van der Waals surface area contributed by atoms with Crippen molar-refractivity contribution in [2.24, 2.45) is 0 Å². The van der Waals surface area contributed by atoms with Crippen molar-refractivity contribution < 1.29 is 13.7 Å². The molecule has 0 aliphatic rings. The minimum atomic E-state index is -2.23. The Morgan fingerprint density at radius 1 is 1.50 bits per heavy atom. The summed E-state index contributed by atoms with van der Waals surface area (Å²) in [6.45, 7) is 0. The molecule has 0 aliphatic carbocycles. The van der Waals surface area contributed by atoms with E-state index in [4.69, 9.17) is 16.2 Å². The molecule has 0 aromatic heterocycles. The number of nitro groups is 1. The van der Waals surface area contributed by atoms with Crippen molar-refractivity contribution in [2.75, 3.05) is 0 Å². The Hall–Kier alpha value is 0.0200. The molecule has 1 N–H and O–H groups in total. The van der Waals surface area contributed by atoms with Crippen LogP contribution in [0.2, 0.25) is 5.02 Å². The fourth-order valence-corrected chi connectivity index (χ4v) is 1.32. The van der Waals surface area contributed by atoms with E-state index in [1.807, 2.05) is 0 Å². The fourth-order valence-electron chi connectivity index (χ4n) is 0.741. The second-order valence-electron chi connectivity index (χ2n) is 2.12. The van der Waals surface area contributed by atoms with Gasteiger partial charge in [-0.2, -0.15) is 0 Å². The molecule has 14 heavy (non-hydrogen) atoms. The van der Waals surface area contributed by atoms with Crippen molar-refractivity contribution in [2.45, 2.75) is 4.90 Å². The Bertz CT molecular complexity index is 386. The van der Waals surface area contributed by atoms with Gasteiger partial charge in [0.05, 0.1) is 9.82 Å². The second-order valence-corrected chi connectivity index (χ2v) is 3.50. The maximum absolute atomic E-state index is 10.5. The van der Waals surface area contributed by atoms with Crippen LogP contribution in [0.1, 0.15) is 0 Å². The first-order chi connectivity index (χ1) is 6.02. The molecule has 1 radical (unpaired) electrons. The molecular formula is C6H4ClNNaO4S. The van der Waals surface area contributed by atoms with Crippen LogP contribution in [0, 0.1) is 10.1 Å². The van der Waals surface area contributed by atoms with Crippen LogP contribution in [0.25, 0.3) is 0 Å². The molecule has 5 nitrogen and oxygen atoms in total. The van der Waals surface area contributed by atoms with Crippen LogP contribution in [0.5, 0.6) is 0 Å². The zero-order chi connectivity index (χ0) is 10.0. The third-order valence-electron chi connectivity index (χ3n) is 1.32. The topological polar surface area (TPSA) is 80.4 Å². The SMILES string of the molecule is O=[N+]([O-])c1cc(S(=O)O)ccc1Cl.[Na]. The summed E-state index contributed by atoms with van der Waals surface area (Å²) >= 11 is 3.25. The van der Waals surface area contributed by atoms with Gasteiger partial charge >= 0.3 is 0 Å². The molecule has 0 saturated heterocycles. The zero-order valence-electron chi connectivity index (χ0n) is 7.14. The number of nitrogens with zero attached hydrogens (tertiary/aromatic N) is 1. The molecule has 0 heterocycles. The van der Waals surface area contributed by atoms with E-state index in [1.165, 1.54) is 12.1 Å². The minimum absolute atomic E-state index is 0. The first-order valence-electron chi connectivity index (χ1n) is 3.07. The summed E-state index contributed by atoms with van der Waals surface area (Å²) in [6.07, 6.45) is 0. The molecule has 71 valence electrons. The van der Waals surface area contributed by atoms with E-state index >= 15 is 0 Å². The summed E-state index contributed by atoms with van der Waals surface area (Å²) in [5, 5.41) is 10.3. The number of rotatable bonds is 2. The van der Waals surface area contributed by atoms with E-state index in [0.717, 1.165) is 6.07 Å². The van der Waals surface area contributed by atoms with Gasteiger partial charge in [0.1, 0.15) is 5.02 Å². The van der Waals surface area contributed by atoms with E-state index in [9.17, 15) is 14.3 Å². The number of nitro benzene ring substituents is 1. The first kappa shape index (κ1) is 14.0. The van der Waals surface area contributed by atoms with Gasteiger partial charge in [0, 0.05) is 35.6 Å². The Balaban J connectivity index is 0.00000169. The van der Waals surface area contributed by atoms with E-state index in [0.29, 0.717) is 0 Å². The maximum Gasteiger partial charge on any atom is 0.289 e. The van der Waals surface area contributed by atoms with Crippen molar-refractivity contribution in [3.63, 3.8) is 0 Å². The summed E-state index contributed by atoms with van der Waals surface area (Å²) in [5.41, 5.74) is -0.374. The standard InChI is InChI=1S/C6H4ClNO4S.Na/c7-5-2-1-4(13(11)12)3-6(5)8(9)10;/h1-3H,(H,11,12);. The predicted octanol–water partition coefficient (Wildman–Crippen LogP) is 1.45. The minimum Gasteiger partial charge on any atom is -0.302 e. The van der Waals surface area contributed by atoms with E-state index in [-0.39, 0.29) is 45.2 Å². The van der Waals surface area contributed by atoms with Crippen molar-refractivity contribution >= 4 is 57.9 Å². The van der Waals surface area contributed by atoms with Crippen LogP contribution < -0.4 is 0 Å². The maximum atomic E-state index is 10.5. The van der Waals surface area contributed by atoms with Crippen molar-refractivity contribution in [3.05, 3.63) is 33.3 Å². The molecule has 1 aromatic carbocycles. The third kappa shape index (κ3) is 3.30. The molecule has 1 aromatic rings. The van der Waals surface area contributed by atoms with E-state index in [2.05, 4.69) is 0 Å². The van der Waals surface area contributed by atoms with Gasteiger partial charge < -0.3 is 4.55 Å². The van der Waals surface area contributed by atoms with Crippen LogP contribution in [0.4, 0.5) is 5.69 Å². The number of benzene rings is 1. The molecule has 0 amide bonds. The molecule has 0 spiro atoms. The second kappa shape index (κ2) is 5.79. The van der Waals surface area contributed by atoms with E-state index < -0.39 is 16.0 Å².